The second-order valence-corrected chi connectivity index (χ2v) is 8.35. The number of benzene rings is 2. The first-order chi connectivity index (χ1) is 17.3. The van der Waals surface area contributed by atoms with E-state index in [1.54, 1.807) is 12.1 Å². The van der Waals surface area contributed by atoms with Gasteiger partial charge in [0.05, 0.1) is 27.8 Å². The highest BCUT2D eigenvalue weighted by Gasteiger charge is 2.20. The molecule has 190 valence electrons. The van der Waals surface area contributed by atoms with E-state index in [1.165, 1.54) is 21.3 Å². The van der Waals surface area contributed by atoms with Crippen molar-refractivity contribution >= 4 is 11.8 Å². The number of aromatic nitrogens is 1. The van der Waals surface area contributed by atoms with E-state index in [2.05, 4.69) is 0 Å². The number of hydrogen-bond acceptors (Lipinski definition) is 8. The van der Waals surface area contributed by atoms with Gasteiger partial charge in [0, 0.05) is 23.5 Å². The van der Waals surface area contributed by atoms with E-state index in [0.29, 0.717) is 40.7 Å². The number of ketones is 1. The van der Waals surface area contributed by atoms with E-state index >= 15 is 0 Å². The van der Waals surface area contributed by atoms with Crippen LogP contribution in [-0.2, 0) is 22.5 Å². The summed E-state index contributed by atoms with van der Waals surface area (Å²) in [6.07, 6.45) is -0.0485. The van der Waals surface area contributed by atoms with Crippen LogP contribution < -0.4 is 23.7 Å². The maximum atomic E-state index is 12.9. The molecule has 0 atom stereocenters. The molecule has 1 aliphatic rings. The fraction of sp³-hybridized carbons (Fsp3) is 0.333. The number of ether oxygens (including phenoxy) is 6. The van der Waals surface area contributed by atoms with Crippen LogP contribution in [0, 0.1) is 13.8 Å². The van der Waals surface area contributed by atoms with Gasteiger partial charge in [0.1, 0.15) is 0 Å². The van der Waals surface area contributed by atoms with Gasteiger partial charge < -0.3 is 33.0 Å². The van der Waals surface area contributed by atoms with Crippen molar-refractivity contribution in [2.45, 2.75) is 26.8 Å². The molecule has 0 bridgehead atoms. The first kappa shape index (κ1) is 25.0. The molecule has 1 aromatic heterocycles. The van der Waals surface area contributed by atoms with E-state index < -0.39 is 5.97 Å². The van der Waals surface area contributed by atoms with Crippen molar-refractivity contribution in [2.75, 3.05) is 34.7 Å². The highest BCUT2D eigenvalue weighted by Crippen LogP contribution is 2.38. The number of nitrogens with zero attached hydrogens (tertiary/aromatic N) is 1. The molecule has 3 aromatic rings. The number of aryl methyl sites for hydroxylation is 1. The smallest absolute Gasteiger partial charge is 0.310 e. The van der Waals surface area contributed by atoms with E-state index in [9.17, 15) is 9.59 Å². The quantitative estimate of drug-likeness (QED) is 0.309. The van der Waals surface area contributed by atoms with E-state index in [-0.39, 0.29) is 25.6 Å². The Bertz CT molecular complexity index is 1270. The van der Waals surface area contributed by atoms with Crippen LogP contribution >= 0.6 is 0 Å². The average molecular weight is 496 g/mol. The third-order valence-electron chi connectivity index (χ3n) is 6.09. The number of methoxy groups -OCH3 is 3. The average Bonchev–Trinajstić information content (AvgIpc) is 3.46. The van der Waals surface area contributed by atoms with Gasteiger partial charge in [-0.25, -0.2) is 0 Å². The standard InChI is InChI=1S/C27H29NO8/c1-16-8-20(17(2)28(16)13-18-6-7-22-23(9-18)36-15-35-22)21(29)14-34-26(30)12-19-10-24(31-3)27(33-5)25(11-19)32-4/h6-11H,12-15H2,1-5H3. The summed E-state index contributed by atoms with van der Waals surface area (Å²) in [6.45, 7) is 4.26. The molecule has 36 heavy (non-hydrogen) atoms. The van der Waals surface area contributed by atoms with Crippen molar-refractivity contribution in [2.24, 2.45) is 0 Å². The molecular weight excluding hydrogens is 466 g/mol. The van der Waals surface area contributed by atoms with Crippen LogP contribution in [0.3, 0.4) is 0 Å². The van der Waals surface area contributed by atoms with Crippen molar-refractivity contribution < 1.29 is 38.0 Å². The molecule has 0 unspecified atom stereocenters. The van der Waals surface area contributed by atoms with Gasteiger partial charge in [-0.05, 0) is 55.3 Å². The van der Waals surface area contributed by atoms with Crippen LogP contribution in [0.25, 0.3) is 0 Å². The number of esters is 1. The SMILES string of the molecule is COc1cc(CC(=O)OCC(=O)c2cc(C)n(Cc3ccc4c(c3)OCO4)c2C)cc(OC)c1OC. The molecule has 0 spiro atoms. The predicted molar refractivity (Wildman–Crippen MR) is 131 cm³/mol. The summed E-state index contributed by atoms with van der Waals surface area (Å²) in [5, 5.41) is 0. The van der Waals surface area contributed by atoms with Gasteiger partial charge in [-0.15, -0.1) is 0 Å². The Balaban J connectivity index is 1.40. The minimum absolute atomic E-state index is 0.0485. The second-order valence-electron chi connectivity index (χ2n) is 8.35. The van der Waals surface area contributed by atoms with Gasteiger partial charge in [-0.2, -0.15) is 0 Å². The molecule has 9 nitrogen and oxygen atoms in total. The molecule has 0 saturated carbocycles. The lowest BCUT2D eigenvalue weighted by molar-refractivity contribution is -0.141. The normalized spacial score (nSPS) is 11.8. The van der Waals surface area contributed by atoms with E-state index in [1.807, 2.05) is 42.7 Å². The van der Waals surface area contributed by atoms with Crippen LogP contribution in [0.5, 0.6) is 28.7 Å². The Morgan fingerprint density at radius 1 is 0.889 bits per heavy atom. The monoisotopic (exact) mass is 495 g/mol. The number of carbonyl (C=O) groups is 2. The van der Waals surface area contributed by atoms with Crippen LogP contribution in [0.2, 0.25) is 0 Å². The maximum Gasteiger partial charge on any atom is 0.310 e. The third-order valence-corrected chi connectivity index (χ3v) is 6.09. The third kappa shape index (κ3) is 5.10. The molecule has 0 amide bonds. The summed E-state index contributed by atoms with van der Waals surface area (Å²) in [6, 6.07) is 11.0. The van der Waals surface area contributed by atoms with E-state index in [4.69, 9.17) is 28.4 Å². The lowest BCUT2D eigenvalue weighted by Gasteiger charge is -2.14. The summed E-state index contributed by atoms with van der Waals surface area (Å²) in [5.41, 5.74) is 3.89. The lowest BCUT2D eigenvalue weighted by atomic mass is 10.1. The molecule has 0 radical (unpaired) electrons. The Labute approximate surface area is 209 Å². The van der Waals surface area contributed by atoms with Crippen molar-refractivity contribution in [1.82, 2.24) is 4.57 Å². The van der Waals surface area contributed by atoms with Crippen molar-refractivity contribution in [3.63, 3.8) is 0 Å². The zero-order chi connectivity index (χ0) is 25.8. The minimum atomic E-state index is -0.535. The summed E-state index contributed by atoms with van der Waals surface area (Å²) in [4.78, 5) is 25.4. The Morgan fingerprint density at radius 3 is 2.25 bits per heavy atom. The molecule has 2 aromatic carbocycles. The molecule has 4 rings (SSSR count). The first-order valence-electron chi connectivity index (χ1n) is 11.4. The largest absolute Gasteiger partial charge is 0.493 e. The molecule has 0 fully saturated rings. The highest BCUT2D eigenvalue weighted by molar-refractivity contribution is 5.99. The molecule has 0 aliphatic carbocycles. The summed E-state index contributed by atoms with van der Waals surface area (Å²) in [7, 11) is 4.51. The number of hydrogen-bond donors (Lipinski definition) is 0. The zero-order valence-electron chi connectivity index (χ0n) is 21.0. The van der Waals surface area contributed by atoms with Gasteiger partial charge in [0.15, 0.2) is 29.6 Å². The van der Waals surface area contributed by atoms with Crippen LogP contribution in [0.15, 0.2) is 36.4 Å². The summed E-state index contributed by atoms with van der Waals surface area (Å²) in [5.74, 6) is 1.94. The van der Waals surface area contributed by atoms with Crippen molar-refractivity contribution in [1.29, 1.82) is 0 Å². The van der Waals surface area contributed by atoms with Crippen molar-refractivity contribution in [3.05, 3.63) is 64.5 Å². The lowest BCUT2D eigenvalue weighted by Crippen LogP contribution is -2.16. The predicted octanol–water partition coefficient (Wildman–Crippen LogP) is 3.88. The Morgan fingerprint density at radius 2 is 1.58 bits per heavy atom. The molecule has 2 heterocycles. The fourth-order valence-corrected chi connectivity index (χ4v) is 4.23. The van der Waals surface area contributed by atoms with Crippen LogP contribution in [0.4, 0.5) is 0 Å². The summed E-state index contributed by atoms with van der Waals surface area (Å²) < 4.78 is 34.1. The summed E-state index contributed by atoms with van der Waals surface area (Å²) >= 11 is 0. The highest BCUT2D eigenvalue weighted by atomic mass is 16.7. The van der Waals surface area contributed by atoms with Gasteiger partial charge in [0.2, 0.25) is 18.3 Å². The van der Waals surface area contributed by atoms with Gasteiger partial charge in [0.25, 0.3) is 0 Å². The molecule has 0 N–H and O–H groups in total. The molecule has 0 saturated heterocycles. The van der Waals surface area contributed by atoms with Gasteiger partial charge >= 0.3 is 5.97 Å². The number of carbonyl (C=O) groups excluding carboxylic acids is 2. The number of Topliss-reactive ketones (excluding diaryl/α,β-unsaturated/α-hetero) is 1. The molecular formula is C27H29NO8. The van der Waals surface area contributed by atoms with Crippen LogP contribution in [0.1, 0.15) is 32.9 Å². The molecule has 9 heteroatoms. The number of fused-ring (bicyclic) bond motifs is 1. The molecule has 1 aliphatic heterocycles. The Kier molecular flexibility index (Phi) is 7.38. The van der Waals surface area contributed by atoms with Gasteiger partial charge in [-0.3, -0.25) is 9.59 Å². The van der Waals surface area contributed by atoms with E-state index in [0.717, 1.165) is 22.7 Å². The Hall–Kier alpha value is -4.14. The van der Waals surface area contributed by atoms with Crippen molar-refractivity contribution in [3.8, 4) is 28.7 Å². The second kappa shape index (κ2) is 10.6. The fourth-order valence-electron chi connectivity index (χ4n) is 4.23. The minimum Gasteiger partial charge on any atom is -0.493 e. The topological polar surface area (TPSA) is 94.5 Å². The zero-order valence-corrected chi connectivity index (χ0v) is 21.0. The maximum absolute atomic E-state index is 12.9. The number of rotatable bonds is 10. The van der Waals surface area contributed by atoms with Crippen LogP contribution in [-0.4, -0.2) is 51.0 Å². The van der Waals surface area contributed by atoms with Gasteiger partial charge in [-0.1, -0.05) is 6.07 Å². The first-order valence-corrected chi connectivity index (χ1v) is 11.4.